The van der Waals surface area contributed by atoms with Crippen LogP contribution in [0.1, 0.15) is 10.4 Å². The molecule has 0 aliphatic rings. The largest absolute Gasteiger partial charge is 0.293 e. The van der Waals surface area contributed by atoms with Gasteiger partial charge in [0.15, 0.2) is 22.4 Å². The Labute approximate surface area is 186 Å². The van der Waals surface area contributed by atoms with E-state index < -0.39 is 4.92 Å². The highest BCUT2D eigenvalue weighted by atomic mass is 32.2. The van der Waals surface area contributed by atoms with Crippen LogP contribution in [0.5, 0.6) is 0 Å². The predicted octanol–water partition coefficient (Wildman–Crippen LogP) is 4.83. The molecule has 3 aromatic carbocycles. The van der Waals surface area contributed by atoms with Crippen LogP contribution < -0.4 is 0 Å². The SMILES string of the molecule is O=C(CSc1nc2ccccc2c2nc(-c3cccc([N+](=O)[O-])c3)nn12)c1ccccc1. The van der Waals surface area contributed by atoms with Gasteiger partial charge in [-0.15, -0.1) is 5.10 Å². The summed E-state index contributed by atoms with van der Waals surface area (Å²) in [5.74, 6) is 0.525. The van der Waals surface area contributed by atoms with E-state index in [9.17, 15) is 14.9 Å². The van der Waals surface area contributed by atoms with Gasteiger partial charge in [0.05, 0.1) is 16.2 Å². The van der Waals surface area contributed by atoms with Gasteiger partial charge in [-0.1, -0.05) is 66.4 Å². The summed E-state index contributed by atoms with van der Waals surface area (Å²) < 4.78 is 1.60. The number of nitro benzene ring substituents is 1. The second-order valence-electron chi connectivity index (χ2n) is 6.97. The maximum absolute atomic E-state index is 12.6. The summed E-state index contributed by atoms with van der Waals surface area (Å²) >= 11 is 1.28. The lowest BCUT2D eigenvalue weighted by molar-refractivity contribution is -0.384. The maximum Gasteiger partial charge on any atom is 0.270 e. The number of ketones is 1. The van der Waals surface area contributed by atoms with Gasteiger partial charge >= 0.3 is 0 Å². The van der Waals surface area contributed by atoms with Crippen LogP contribution >= 0.6 is 11.8 Å². The Hall–Kier alpha value is -4.11. The molecule has 5 aromatic rings. The Morgan fingerprint density at radius 3 is 2.56 bits per heavy atom. The Balaban J connectivity index is 1.58. The molecule has 0 radical (unpaired) electrons. The zero-order chi connectivity index (χ0) is 22.1. The van der Waals surface area contributed by atoms with E-state index in [1.807, 2.05) is 42.5 Å². The molecular weight excluding hydrogens is 426 g/mol. The molecule has 0 bridgehead atoms. The number of carbonyl (C=O) groups excluding carboxylic acids is 1. The number of nitrogens with zero attached hydrogens (tertiary/aromatic N) is 5. The van der Waals surface area contributed by atoms with Crippen LogP contribution in [0.2, 0.25) is 0 Å². The highest BCUT2D eigenvalue weighted by molar-refractivity contribution is 7.99. The molecule has 2 heterocycles. The summed E-state index contributed by atoms with van der Waals surface area (Å²) in [6.45, 7) is 0. The van der Waals surface area contributed by atoms with E-state index in [1.54, 1.807) is 28.8 Å². The molecule has 5 rings (SSSR count). The van der Waals surface area contributed by atoms with Gasteiger partial charge in [0.1, 0.15) is 0 Å². The lowest BCUT2D eigenvalue weighted by atomic mass is 10.2. The number of fused-ring (bicyclic) bond motifs is 3. The van der Waals surface area contributed by atoms with Crippen molar-refractivity contribution in [3.8, 4) is 11.4 Å². The van der Waals surface area contributed by atoms with Crippen molar-refractivity contribution < 1.29 is 9.72 Å². The fourth-order valence-electron chi connectivity index (χ4n) is 3.34. The van der Waals surface area contributed by atoms with Gasteiger partial charge in [0, 0.05) is 28.6 Å². The molecule has 0 N–H and O–H groups in total. The molecule has 0 aliphatic carbocycles. The Bertz CT molecular complexity index is 1480. The van der Waals surface area contributed by atoms with Gasteiger partial charge in [-0.25, -0.2) is 9.97 Å². The number of Topliss-reactive ketones (excluding diaryl/α,β-unsaturated/α-hetero) is 1. The van der Waals surface area contributed by atoms with Crippen molar-refractivity contribution in [1.82, 2.24) is 19.6 Å². The zero-order valence-electron chi connectivity index (χ0n) is 16.6. The van der Waals surface area contributed by atoms with Crippen molar-refractivity contribution in [2.45, 2.75) is 5.16 Å². The molecule has 0 spiro atoms. The third kappa shape index (κ3) is 3.69. The second kappa shape index (κ2) is 8.20. The molecule has 0 atom stereocenters. The summed E-state index contributed by atoms with van der Waals surface area (Å²) in [7, 11) is 0. The summed E-state index contributed by atoms with van der Waals surface area (Å²) in [6.07, 6.45) is 0. The van der Waals surface area contributed by atoms with E-state index in [-0.39, 0.29) is 17.2 Å². The van der Waals surface area contributed by atoms with E-state index >= 15 is 0 Å². The lowest BCUT2D eigenvalue weighted by Crippen LogP contribution is -2.05. The number of hydrogen-bond acceptors (Lipinski definition) is 7. The first kappa shape index (κ1) is 19.8. The number of hydrogen-bond donors (Lipinski definition) is 0. The number of carbonyl (C=O) groups is 1. The fraction of sp³-hybridized carbons (Fsp3) is 0.0435. The zero-order valence-corrected chi connectivity index (χ0v) is 17.4. The van der Waals surface area contributed by atoms with E-state index in [0.717, 1.165) is 10.9 Å². The number of benzene rings is 3. The predicted molar refractivity (Wildman–Crippen MR) is 122 cm³/mol. The molecule has 0 amide bonds. The minimum absolute atomic E-state index is 0.0160. The first-order chi connectivity index (χ1) is 15.6. The van der Waals surface area contributed by atoms with Gasteiger partial charge in [-0.05, 0) is 12.1 Å². The standard InChI is InChI=1S/C23H15N5O3S/c29-20(15-7-2-1-3-8-15)14-32-23-24-19-12-5-4-11-18(19)22-25-21(26-27(22)23)16-9-6-10-17(13-16)28(30)31/h1-13H,14H2. The van der Waals surface area contributed by atoms with Crippen molar-refractivity contribution in [1.29, 1.82) is 0 Å². The second-order valence-corrected chi connectivity index (χ2v) is 7.91. The number of para-hydroxylation sites is 1. The minimum atomic E-state index is -0.452. The van der Waals surface area contributed by atoms with Crippen LogP contribution in [0.4, 0.5) is 5.69 Å². The number of nitro groups is 1. The summed E-state index contributed by atoms with van der Waals surface area (Å²) in [6, 6.07) is 22.8. The molecule has 32 heavy (non-hydrogen) atoms. The van der Waals surface area contributed by atoms with Crippen molar-refractivity contribution in [3.05, 3.63) is 94.5 Å². The molecule has 0 saturated heterocycles. The molecule has 2 aromatic heterocycles. The molecule has 0 fully saturated rings. The van der Waals surface area contributed by atoms with Crippen LogP contribution in [-0.4, -0.2) is 36.0 Å². The van der Waals surface area contributed by atoms with Gasteiger partial charge in [-0.2, -0.15) is 4.52 Å². The first-order valence-corrected chi connectivity index (χ1v) is 10.7. The molecule has 9 heteroatoms. The Morgan fingerprint density at radius 1 is 0.969 bits per heavy atom. The van der Waals surface area contributed by atoms with Crippen LogP contribution in [0, 0.1) is 10.1 Å². The molecule has 0 unspecified atom stereocenters. The smallest absolute Gasteiger partial charge is 0.270 e. The molecule has 156 valence electrons. The molecule has 8 nitrogen and oxygen atoms in total. The summed E-state index contributed by atoms with van der Waals surface area (Å²) in [5.41, 5.74) is 2.43. The number of thioether (sulfide) groups is 1. The molecular formula is C23H15N5O3S. The number of aromatic nitrogens is 4. The normalized spacial score (nSPS) is 11.1. The number of non-ortho nitro benzene ring substituents is 1. The Morgan fingerprint density at radius 2 is 1.75 bits per heavy atom. The van der Waals surface area contributed by atoms with Crippen molar-refractivity contribution in [2.75, 3.05) is 5.75 Å². The number of rotatable bonds is 6. The van der Waals surface area contributed by atoms with Gasteiger partial charge in [0.2, 0.25) is 0 Å². The van der Waals surface area contributed by atoms with Crippen LogP contribution in [0.3, 0.4) is 0 Å². The fourth-order valence-corrected chi connectivity index (χ4v) is 4.18. The van der Waals surface area contributed by atoms with E-state index in [4.69, 9.17) is 0 Å². The maximum atomic E-state index is 12.6. The van der Waals surface area contributed by atoms with E-state index in [2.05, 4.69) is 15.1 Å². The monoisotopic (exact) mass is 441 g/mol. The average molecular weight is 441 g/mol. The van der Waals surface area contributed by atoms with Gasteiger partial charge < -0.3 is 0 Å². The highest BCUT2D eigenvalue weighted by Gasteiger charge is 2.17. The topological polar surface area (TPSA) is 103 Å². The van der Waals surface area contributed by atoms with E-state index in [1.165, 1.54) is 23.9 Å². The highest BCUT2D eigenvalue weighted by Crippen LogP contribution is 2.28. The quantitative estimate of drug-likeness (QED) is 0.122. The van der Waals surface area contributed by atoms with E-state index in [0.29, 0.717) is 27.8 Å². The van der Waals surface area contributed by atoms with Gasteiger partial charge in [-0.3, -0.25) is 14.9 Å². The minimum Gasteiger partial charge on any atom is -0.293 e. The van der Waals surface area contributed by atoms with Crippen molar-refractivity contribution in [2.24, 2.45) is 0 Å². The van der Waals surface area contributed by atoms with Crippen LogP contribution in [-0.2, 0) is 0 Å². The molecule has 0 saturated carbocycles. The average Bonchev–Trinajstić information content (AvgIpc) is 3.29. The van der Waals surface area contributed by atoms with Crippen LogP contribution in [0.15, 0.2) is 84.0 Å². The first-order valence-electron chi connectivity index (χ1n) is 9.71. The molecule has 0 aliphatic heterocycles. The van der Waals surface area contributed by atoms with Crippen molar-refractivity contribution >= 4 is 39.8 Å². The van der Waals surface area contributed by atoms with Crippen LogP contribution in [0.25, 0.3) is 27.9 Å². The third-order valence-electron chi connectivity index (χ3n) is 4.89. The third-order valence-corrected chi connectivity index (χ3v) is 5.82. The van der Waals surface area contributed by atoms with Crippen molar-refractivity contribution in [3.63, 3.8) is 0 Å². The summed E-state index contributed by atoms with van der Waals surface area (Å²) in [4.78, 5) is 32.6. The van der Waals surface area contributed by atoms with Gasteiger partial charge in [0.25, 0.3) is 5.69 Å². The summed E-state index contributed by atoms with van der Waals surface area (Å²) in [5, 5.41) is 17.1. The lowest BCUT2D eigenvalue weighted by Gasteiger charge is -2.06. The Kier molecular flexibility index (Phi) is 5.08.